The molecule has 0 fully saturated rings. The number of sulfonamides is 1. The maximum Gasteiger partial charge on any atom is 0.252 e. The Bertz CT molecular complexity index is 548. The van der Waals surface area contributed by atoms with E-state index in [0.29, 0.717) is 10.3 Å². The van der Waals surface area contributed by atoms with E-state index in [1.54, 1.807) is 13.1 Å². The second-order valence-electron chi connectivity index (χ2n) is 6.22. The Labute approximate surface area is 133 Å². The van der Waals surface area contributed by atoms with Crippen molar-refractivity contribution in [3.05, 3.63) is 17.0 Å². The molecule has 0 atom stereocenters. The highest BCUT2D eigenvalue weighted by atomic mass is 32.2. The van der Waals surface area contributed by atoms with E-state index in [2.05, 4.69) is 19.2 Å². The minimum absolute atomic E-state index is 0.373. The van der Waals surface area contributed by atoms with Gasteiger partial charge in [0.1, 0.15) is 4.21 Å². The lowest BCUT2D eigenvalue weighted by molar-refractivity contribution is 0.257. The van der Waals surface area contributed by atoms with Gasteiger partial charge in [0.05, 0.1) is 0 Å². The zero-order valence-corrected chi connectivity index (χ0v) is 15.6. The highest BCUT2D eigenvalue weighted by molar-refractivity contribution is 7.91. The standard InChI is InChI=1S/C15H28N2O2S2/c1-7-15(4,5)17(6)21(18,19)14-9-8-13(20-14)10-11-16-12(2)3/h8-9,12,16H,7,10-11H2,1-6H3. The first-order chi connectivity index (χ1) is 9.61. The lowest BCUT2D eigenvalue weighted by atomic mass is 10.0. The molecule has 1 N–H and O–H groups in total. The van der Waals surface area contributed by atoms with E-state index in [-0.39, 0.29) is 5.54 Å². The van der Waals surface area contributed by atoms with E-state index >= 15 is 0 Å². The summed E-state index contributed by atoms with van der Waals surface area (Å²) in [7, 11) is -1.73. The van der Waals surface area contributed by atoms with Gasteiger partial charge in [-0.2, -0.15) is 4.31 Å². The Kier molecular flexibility index (Phi) is 6.40. The van der Waals surface area contributed by atoms with E-state index < -0.39 is 10.0 Å². The molecule has 1 aromatic heterocycles. The molecule has 0 spiro atoms. The maximum absolute atomic E-state index is 12.7. The normalized spacial score (nSPS) is 13.3. The molecule has 1 rings (SSSR count). The summed E-state index contributed by atoms with van der Waals surface area (Å²) >= 11 is 1.38. The molecule has 0 aromatic carbocycles. The second-order valence-corrected chi connectivity index (χ2v) is 9.58. The summed E-state index contributed by atoms with van der Waals surface area (Å²) in [5, 5.41) is 3.34. The molecule has 0 radical (unpaired) electrons. The summed E-state index contributed by atoms with van der Waals surface area (Å²) in [5.41, 5.74) is -0.373. The lowest BCUT2D eigenvalue weighted by Crippen LogP contribution is -2.44. The monoisotopic (exact) mass is 332 g/mol. The molecule has 122 valence electrons. The Balaban J connectivity index is 2.84. The Morgan fingerprint density at radius 1 is 1.33 bits per heavy atom. The van der Waals surface area contributed by atoms with Crippen LogP contribution < -0.4 is 5.32 Å². The number of nitrogens with one attached hydrogen (secondary N) is 1. The molecule has 0 aliphatic heterocycles. The van der Waals surface area contributed by atoms with E-state index in [1.807, 2.05) is 26.8 Å². The highest BCUT2D eigenvalue weighted by Gasteiger charge is 2.33. The van der Waals surface area contributed by atoms with Crippen molar-refractivity contribution in [1.82, 2.24) is 9.62 Å². The van der Waals surface area contributed by atoms with E-state index in [4.69, 9.17) is 0 Å². The van der Waals surface area contributed by atoms with Gasteiger partial charge in [-0.25, -0.2) is 8.42 Å². The third-order valence-electron chi connectivity index (χ3n) is 3.89. The van der Waals surface area contributed by atoms with Crippen LogP contribution in [0.15, 0.2) is 16.3 Å². The zero-order chi connectivity index (χ0) is 16.3. The Morgan fingerprint density at radius 2 is 1.95 bits per heavy atom. The van der Waals surface area contributed by atoms with Crippen LogP contribution in [0, 0.1) is 0 Å². The molecular weight excluding hydrogens is 304 g/mol. The molecule has 0 bridgehead atoms. The molecule has 0 aliphatic rings. The van der Waals surface area contributed by atoms with Gasteiger partial charge in [0.2, 0.25) is 0 Å². The van der Waals surface area contributed by atoms with E-state index in [1.165, 1.54) is 15.6 Å². The maximum atomic E-state index is 12.7. The van der Waals surface area contributed by atoms with Gasteiger partial charge in [-0.05, 0) is 38.8 Å². The summed E-state index contributed by atoms with van der Waals surface area (Å²) in [5.74, 6) is 0. The Hall–Kier alpha value is -0.430. The first-order valence-corrected chi connectivity index (χ1v) is 9.68. The van der Waals surface area contributed by atoms with E-state index in [9.17, 15) is 8.42 Å². The predicted octanol–water partition coefficient (Wildman–Crippen LogP) is 3.10. The summed E-state index contributed by atoms with van der Waals surface area (Å²) < 4.78 is 27.2. The SMILES string of the molecule is CCC(C)(C)N(C)S(=O)(=O)c1ccc(CCNC(C)C)s1. The van der Waals surface area contributed by atoms with Crippen molar-refractivity contribution in [1.29, 1.82) is 0 Å². The molecule has 6 heteroatoms. The Morgan fingerprint density at radius 3 is 2.48 bits per heavy atom. The minimum atomic E-state index is -3.40. The van der Waals surface area contributed by atoms with Crippen molar-refractivity contribution >= 4 is 21.4 Å². The largest absolute Gasteiger partial charge is 0.314 e. The van der Waals surface area contributed by atoms with Crippen molar-refractivity contribution < 1.29 is 8.42 Å². The van der Waals surface area contributed by atoms with Gasteiger partial charge in [-0.3, -0.25) is 0 Å². The van der Waals surface area contributed by atoms with Crippen LogP contribution in [0.4, 0.5) is 0 Å². The molecule has 1 heterocycles. The lowest BCUT2D eigenvalue weighted by Gasteiger charge is -2.33. The van der Waals surface area contributed by atoms with Gasteiger partial charge in [-0.1, -0.05) is 20.8 Å². The first kappa shape index (κ1) is 18.6. The van der Waals surface area contributed by atoms with Gasteiger partial charge in [0.25, 0.3) is 10.0 Å². The number of thiophene rings is 1. The van der Waals surface area contributed by atoms with Crippen LogP contribution in [0.3, 0.4) is 0 Å². The summed E-state index contributed by atoms with van der Waals surface area (Å²) in [6.07, 6.45) is 1.64. The highest BCUT2D eigenvalue weighted by Crippen LogP contribution is 2.29. The van der Waals surface area contributed by atoms with E-state index in [0.717, 1.165) is 24.3 Å². The molecule has 21 heavy (non-hydrogen) atoms. The van der Waals surface area contributed by atoms with Crippen molar-refractivity contribution in [3.8, 4) is 0 Å². The fourth-order valence-electron chi connectivity index (χ4n) is 1.80. The van der Waals surface area contributed by atoms with Gasteiger partial charge in [-0.15, -0.1) is 11.3 Å². The predicted molar refractivity (Wildman–Crippen MR) is 90.5 cm³/mol. The van der Waals surface area contributed by atoms with Crippen molar-refractivity contribution in [3.63, 3.8) is 0 Å². The number of rotatable bonds is 8. The first-order valence-electron chi connectivity index (χ1n) is 7.42. The molecule has 1 aromatic rings. The third-order valence-corrected chi connectivity index (χ3v) is 7.57. The summed E-state index contributed by atoms with van der Waals surface area (Å²) in [4.78, 5) is 1.10. The number of hydrogen-bond acceptors (Lipinski definition) is 4. The summed E-state index contributed by atoms with van der Waals surface area (Å²) in [6, 6.07) is 4.10. The summed E-state index contributed by atoms with van der Waals surface area (Å²) in [6.45, 7) is 11.0. The quantitative estimate of drug-likeness (QED) is 0.796. The molecule has 0 unspecified atom stereocenters. The van der Waals surface area contributed by atoms with Gasteiger partial charge in [0, 0.05) is 30.1 Å². The van der Waals surface area contributed by atoms with Crippen LogP contribution >= 0.6 is 11.3 Å². The topological polar surface area (TPSA) is 49.4 Å². The van der Waals surface area contributed by atoms with Crippen LogP contribution in [-0.2, 0) is 16.4 Å². The third kappa shape index (κ3) is 4.77. The van der Waals surface area contributed by atoms with Crippen LogP contribution in [0.5, 0.6) is 0 Å². The number of hydrogen-bond donors (Lipinski definition) is 1. The average molecular weight is 333 g/mol. The van der Waals surface area contributed by atoms with Crippen LogP contribution in [-0.4, -0.2) is 37.9 Å². The van der Waals surface area contributed by atoms with Crippen molar-refractivity contribution in [2.45, 2.75) is 63.3 Å². The fourth-order valence-corrected chi connectivity index (χ4v) is 4.90. The molecule has 0 saturated heterocycles. The van der Waals surface area contributed by atoms with Gasteiger partial charge in [0.15, 0.2) is 0 Å². The van der Waals surface area contributed by atoms with Crippen LogP contribution in [0.1, 0.15) is 45.9 Å². The van der Waals surface area contributed by atoms with Crippen LogP contribution in [0.2, 0.25) is 0 Å². The smallest absolute Gasteiger partial charge is 0.252 e. The van der Waals surface area contributed by atoms with Gasteiger partial charge < -0.3 is 5.32 Å². The fraction of sp³-hybridized carbons (Fsp3) is 0.733. The molecule has 0 amide bonds. The number of nitrogens with zero attached hydrogens (tertiary/aromatic N) is 1. The minimum Gasteiger partial charge on any atom is -0.314 e. The average Bonchev–Trinajstić information content (AvgIpc) is 2.87. The molecule has 4 nitrogen and oxygen atoms in total. The molecule has 0 saturated carbocycles. The molecular formula is C15H28N2O2S2. The van der Waals surface area contributed by atoms with Crippen molar-refractivity contribution in [2.24, 2.45) is 0 Å². The van der Waals surface area contributed by atoms with Crippen molar-refractivity contribution in [2.75, 3.05) is 13.6 Å². The van der Waals surface area contributed by atoms with Crippen LogP contribution in [0.25, 0.3) is 0 Å². The van der Waals surface area contributed by atoms with Gasteiger partial charge >= 0.3 is 0 Å². The molecule has 0 aliphatic carbocycles. The zero-order valence-electron chi connectivity index (χ0n) is 13.9. The second kappa shape index (κ2) is 7.22.